The summed E-state index contributed by atoms with van der Waals surface area (Å²) in [6, 6.07) is 12.1. The van der Waals surface area contributed by atoms with Crippen LogP contribution in [0, 0.1) is 3.57 Å². The van der Waals surface area contributed by atoms with Gasteiger partial charge in [0.1, 0.15) is 5.75 Å². The lowest BCUT2D eigenvalue weighted by molar-refractivity contribution is 0.286. The van der Waals surface area contributed by atoms with E-state index in [0.29, 0.717) is 19.8 Å². The maximum Gasteiger partial charge on any atom is 0.174 e. The lowest BCUT2D eigenvalue weighted by atomic mass is 10.2. The van der Waals surface area contributed by atoms with Crippen molar-refractivity contribution >= 4 is 28.3 Å². The first kappa shape index (κ1) is 18.7. The van der Waals surface area contributed by atoms with E-state index in [9.17, 15) is 0 Å². The SMILES string of the molecule is CCOc1ccc(NCc2cc(I)c(OCC)c(OCC)c2)cc1. The summed E-state index contributed by atoms with van der Waals surface area (Å²) in [5.41, 5.74) is 2.21. The molecule has 0 radical (unpaired) electrons. The lowest BCUT2D eigenvalue weighted by Crippen LogP contribution is -2.04. The Kier molecular flexibility index (Phi) is 7.49. The van der Waals surface area contributed by atoms with Gasteiger partial charge in [0.05, 0.1) is 23.4 Å². The van der Waals surface area contributed by atoms with Crippen LogP contribution < -0.4 is 19.5 Å². The standard InChI is InChI=1S/C19H24INO3/c1-4-22-16-9-7-15(8-10-16)21-13-14-11-17(20)19(24-6-3)18(12-14)23-5-2/h7-12,21H,4-6,13H2,1-3H3. The number of benzene rings is 2. The van der Waals surface area contributed by atoms with Crippen molar-refractivity contribution in [1.82, 2.24) is 0 Å². The van der Waals surface area contributed by atoms with Crippen LogP contribution in [0.3, 0.4) is 0 Å². The zero-order chi connectivity index (χ0) is 17.4. The highest BCUT2D eigenvalue weighted by Crippen LogP contribution is 2.34. The molecule has 4 nitrogen and oxygen atoms in total. The summed E-state index contributed by atoms with van der Waals surface area (Å²) >= 11 is 2.29. The van der Waals surface area contributed by atoms with Crippen LogP contribution in [0.4, 0.5) is 5.69 Å². The van der Waals surface area contributed by atoms with Crippen LogP contribution in [-0.2, 0) is 6.54 Å². The molecule has 2 rings (SSSR count). The van der Waals surface area contributed by atoms with Gasteiger partial charge in [-0.2, -0.15) is 0 Å². The van der Waals surface area contributed by atoms with Gasteiger partial charge in [0.25, 0.3) is 0 Å². The molecule has 0 saturated carbocycles. The molecular formula is C19H24INO3. The summed E-state index contributed by atoms with van der Waals surface area (Å²) in [7, 11) is 0. The average Bonchev–Trinajstić information content (AvgIpc) is 2.58. The summed E-state index contributed by atoms with van der Waals surface area (Å²) in [4.78, 5) is 0. The molecule has 2 aromatic rings. The van der Waals surface area contributed by atoms with E-state index in [4.69, 9.17) is 14.2 Å². The van der Waals surface area contributed by atoms with Crippen molar-refractivity contribution in [3.63, 3.8) is 0 Å². The first-order chi connectivity index (χ1) is 11.7. The third kappa shape index (κ3) is 5.19. The van der Waals surface area contributed by atoms with Crippen LogP contribution in [0.25, 0.3) is 0 Å². The number of hydrogen-bond donors (Lipinski definition) is 1. The van der Waals surface area contributed by atoms with Crippen LogP contribution in [0.5, 0.6) is 17.2 Å². The smallest absolute Gasteiger partial charge is 0.174 e. The maximum absolute atomic E-state index is 5.73. The third-order valence-corrected chi connectivity index (χ3v) is 4.12. The molecule has 0 spiro atoms. The van der Waals surface area contributed by atoms with E-state index in [0.717, 1.165) is 38.6 Å². The van der Waals surface area contributed by atoms with Crippen molar-refractivity contribution in [2.75, 3.05) is 25.1 Å². The van der Waals surface area contributed by atoms with Gasteiger partial charge in [0, 0.05) is 12.2 Å². The van der Waals surface area contributed by atoms with Gasteiger partial charge in [0.2, 0.25) is 0 Å². The number of hydrogen-bond acceptors (Lipinski definition) is 4. The van der Waals surface area contributed by atoms with E-state index in [2.05, 4.69) is 34.0 Å². The summed E-state index contributed by atoms with van der Waals surface area (Å²) in [6.45, 7) is 8.58. The zero-order valence-electron chi connectivity index (χ0n) is 14.4. The van der Waals surface area contributed by atoms with Gasteiger partial charge in [-0.05, 0) is 85.3 Å². The summed E-state index contributed by atoms with van der Waals surface area (Å²) in [5.74, 6) is 2.51. The van der Waals surface area contributed by atoms with Crippen LogP contribution in [0.2, 0.25) is 0 Å². The van der Waals surface area contributed by atoms with Crippen molar-refractivity contribution < 1.29 is 14.2 Å². The highest BCUT2D eigenvalue weighted by atomic mass is 127. The Morgan fingerprint density at radius 3 is 2.17 bits per heavy atom. The second-order valence-corrected chi connectivity index (χ2v) is 6.24. The van der Waals surface area contributed by atoms with Crippen molar-refractivity contribution in [2.45, 2.75) is 27.3 Å². The highest BCUT2D eigenvalue weighted by Gasteiger charge is 2.11. The van der Waals surface area contributed by atoms with Gasteiger partial charge in [-0.25, -0.2) is 0 Å². The molecule has 0 saturated heterocycles. The fourth-order valence-corrected chi connectivity index (χ4v) is 3.13. The molecule has 24 heavy (non-hydrogen) atoms. The fraction of sp³-hybridized carbons (Fsp3) is 0.368. The van der Waals surface area contributed by atoms with Crippen molar-refractivity contribution in [3.8, 4) is 17.2 Å². The molecule has 0 aliphatic rings. The van der Waals surface area contributed by atoms with Crippen molar-refractivity contribution in [1.29, 1.82) is 0 Å². The van der Waals surface area contributed by atoms with Crippen molar-refractivity contribution in [2.24, 2.45) is 0 Å². The topological polar surface area (TPSA) is 39.7 Å². The molecule has 0 aliphatic carbocycles. The van der Waals surface area contributed by atoms with E-state index >= 15 is 0 Å². The summed E-state index contributed by atoms with van der Waals surface area (Å²) in [5, 5.41) is 3.42. The van der Waals surface area contributed by atoms with Gasteiger partial charge in [-0.1, -0.05) is 0 Å². The Balaban J connectivity index is 2.08. The minimum atomic E-state index is 0.617. The third-order valence-electron chi connectivity index (χ3n) is 3.32. The molecule has 0 fully saturated rings. The average molecular weight is 441 g/mol. The molecule has 2 aromatic carbocycles. The molecule has 1 N–H and O–H groups in total. The lowest BCUT2D eigenvalue weighted by Gasteiger charge is -2.15. The van der Waals surface area contributed by atoms with Gasteiger partial charge in [-0.15, -0.1) is 0 Å². The molecule has 0 aliphatic heterocycles. The second kappa shape index (κ2) is 9.61. The summed E-state index contributed by atoms with van der Waals surface area (Å²) in [6.07, 6.45) is 0. The molecule has 0 heterocycles. The molecule has 0 amide bonds. The number of halogens is 1. The van der Waals surface area contributed by atoms with Crippen molar-refractivity contribution in [3.05, 3.63) is 45.5 Å². The Labute approximate surface area is 157 Å². The Morgan fingerprint density at radius 1 is 0.875 bits per heavy atom. The van der Waals surface area contributed by atoms with Crippen LogP contribution in [-0.4, -0.2) is 19.8 Å². The van der Waals surface area contributed by atoms with E-state index in [1.54, 1.807) is 0 Å². The van der Waals surface area contributed by atoms with E-state index < -0.39 is 0 Å². The number of anilines is 1. The van der Waals surface area contributed by atoms with Gasteiger partial charge < -0.3 is 19.5 Å². The number of rotatable bonds is 9. The maximum atomic E-state index is 5.73. The Morgan fingerprint density at radius 2 is 1.54 bits per heavy atom. The van der Waals surface area contributed by atoms with E-state index in [-0.39, 0.29) is 0 Å². The van der Waals surface area contributed by atoms with Crippen LogP contribution in [0.15, 0.2) is 36.4 Å². The first-order valence-corrected chi connectivity index (χ1v) is 9.30. The normalized spacial score (nSPS) is 10.3. The molecule has 5 heteroatoms. The number of ether oxygens (including phenoxy) is 3. The highest BCUT2D eigenvalue weighted by molar-refractivity contribution is 14.1. The van der Waals surface area contributed by atoms with E-state index in [1.807, 2.05) is 51.1 Å². The molecule has 130 valence electrons. The molecule has 0 unspecified atom stereocenters. The fourth-order valence-electron chi connectivity index (χ4n) is 2.31. The zero-order valence-corrected chi connectivity index (χ0v) is 16.6. The molecule has 0 bridgehead atoms. The minimum Gasteiger partial charge on any atom is -0.494 e. The second-order valence-electron chi connectivity index (χ2n) is 5.08. The predicted octanol–water partition coefficient (Wildman–Crippen LogP) is 5.10. The first-order valence-electron chi connectivity index (χ1n) is 8.22. The monoisotopic (exact) mass is 441 g/mol. The Bertz CT molecular complexity index is 644. The molecule has 0 atom stereocenters. The van der Waals surface area contributed by atoms with E-state index in [1.165, 1.54) is 0 Å². The molecular weight excluding hydrogens is 417 g/mol. The van der Waals surface area contributed by atoms with Gasteiger partial charge in [-0.3, -0.25) is 0 Å². The number of nitrogens with one attached hydrogen (secondary N) is 1. The largest absolute Gasteiger partial charge is 0.494 e. The van der Waals surface area contributed by atoms with Crippen LogP contribution >= 0.6 is 22.6 Å². The van der Waals surface area contributed by atoms with Gasteiger partial charge >= 0.3 is 0 Å². The summed E-state index contributed by atoms with van der Waals surface area (Å²) < 4.78 is 18.0. The van der Waals surface area contributed by atoms with Gasteiger partial charge in [0.15, 0.2) is 11.5 Å². The van der Waals surface area contributed by atoms with Crippen LogP contribution in [0.1, 0.15) is 26.3 Å². The quantitative estimate of drug-likeness (QED) is 0.550. The molecule has 0 aromatic heterocycles. The Hall–Kier alpha value is -1.63. The minimum absolute atomic E-state index is 0.617. The predicted molar refractivity (Wildman–Crippen MR) is 106 cm³/mol.